The van der Waals surface area contributed by atoms with Gasteiger partial charge in [-0.2, -0.15) is 0 Å². The van der Waals surface area contributed by atoms with Gasteiger partial charge in [-0.25, -0.2) is 0 Å². The summed E-state index contributed by atoms with van der Waals surface area (Å²) in [6.07, 6.45) is 1.76. The Kier molecular flexibility index (Phi) is 6.30. The lowest BCUT2D eigenvalue weighted by molar-refractivity contribution is -0.148. The van der Waals surface area contributed by atoms with Gasteiger partial charge >= 0.3 is 5.97 Å². The Morgan fingerprint density at radius 1 is 1.04 bits per heavy atom. The van der Waals surface area contributed by atoms with Crippen molar-refractivity contribution < 1.29 is 20.1 Å². The SMILES string of the molecule is CCC(C)(CC(CC(C)c1ccccc1)c1ccc(O)c(O)c1)C(=O)O. The maximum atomic E-state index is 11.8. The second kappa shape index (κ2) is 8.26. The van der Waals surface area contributed by atoms with Gasteiger partial charge in [0.1, 0.15) is 0 Å². The van der Waals surface area contributed by atoms with Crippen LogP contribution in [-0.4, -0.2) is 21.3 Å². The van der Waals surface area contributed by atoms with Crippen molar-refractivity contribution in [2.24, 2.45) is 5.41 Å². The van der Waals surface area contributed by atoms with Crippen molar-refractivity contribution in [3.05, 3.63) is 59.7 Å². The number of carboxylic acid groups (broad SMARTS) is 1. The van der Waals surface area contributed by atoms with Gasteiger partial charge < -0.3 is 15.3 Å². The van der Waals surface area contributed by atoms with Crippen LogP contribution in [0.1, 0.15) is 63.0 Å². The average Bonchev–Trinajstić information content (AvgIpc) is 2.63. The first kappa shape index (κ1) is 19.8. The van der Waals surface area contributed by atoms with E-state index in [-0.39, 0.29) is 23.3 Å². The molecule has 4 heteroatoms. The summed E-state index contributed by atoms with van der Waals surface area (Å²) < 4.78 is 0. The first-order valence-electron chi connectivity index (χ1n) is 9.07. The Bertz CT molecular complexity index is 741. The lowest BCUT2D eigenvalue weighted by atomic mass is 9.73. The van der Waals surface area contributed by atoms with E-state index in [1.54, 1.807) is 19.1 Å². The molecule has 0 saturated carbocycles. The molecule has 0 spiro atoms. The molecule has 0 bridgehead atoms. The van der Waals surface area contributed by atoms with Crippen LogP contribution in [0.3, 0.4) is 0 Å². The summed E-state index contributed by atoms with van der Waals surface area (Å²) in [5, 5.41) is 29.2. The van der Waals surface area contributed by atoms with Gasteiger partial charge in [0.25, 0.3) is 0 Å². The minimum Gasteiger partial charge on any atom is -0.504 e. The lowest BCUT2D eigenvalue weighted by Gasteiger charge is -2.30. The van der Waals surface area contributed by atoms with Crippen LogP contribution >= 0.6 is 0 Å². The second-order valence-electron chi connectivity index (χ2n) is 7.42. The zero-order chi connectivity index (χ0) is 19.3. The van der Waals surface area contributed by atoms with Gasteiger partial charge in [0.2, 0.25) is 0 Å². The molecule has 2 rings (SSSR count). The van der Waals surface area contributed by atoms with Crippen molar-refractivity contribution in [2.75, 3.05) is 0 Å². The molecule has 4 nitrogen and oxygen atoms in total. The highest BCUT2D eigenvalue weighted by Crippen LogP contribution is 2.42. The third kappa shape index (κ3) is 4.57. The number of aliphatic carboxylic acids is 1. The standard InChI is InChI=1S/C22H28O4/c1-4-22(3,21(25)26)14-18(17-10-11-19(23)20(24)13-17)12-15(2)16-8-6-5-7-9-16/h5-11,13,15,18,23-24H,4,12,14H2,1-3H3,(H,25,26). The van der Waals surface area contributed by atoms with Crippen molar-refractivity contribution in [2.45, 2.75) is 51.9 Å². The van der Waals surface area contributed by atoms with E-state index in [4.69, 9.17) is 0 Å². The van der Waals surface area contributed by atoms with Crippen molar-refractivity contribution in [1.82, 2.24) is 0 Å². The summed E-state index contributed by atoms with van der Waals surface area (Å²) in [7, 11) is 0. The van der Waals surface area contributed by atoms with Crippen LogP contribution in [0.2, 0.25) is 0 Å². The Labute approximate surface area is 155 Å². The van der Waals surface area contributed by atoms with Crippen LogP contribution < -0.4 is 0 Å². The Morgan fingerprint density at radius 2 is 1.69 bits per heavy atom. The Morgan fingerprint density at radius 3 is 2.23 bits per heavy atom. The number of hydrogen-bond donors (Lipinski definition) is 3. The van der Waals surface area contributed by atoms with Crippen LogP contribution in [0.5, 0.6) is 11.5 Å². The molecule has 0 amide bonds. The molecular formula is C22H28O4. The normalized spacial score (nSPS) is 15.8. The highest BCUT2D eigenvalue weighted by Gasteiger charge is 2.35. The largest absolute Gasteiger partial charge is 0.504 e. The molecule has 2 aromatic rings. The molecule has 2 aromatic carbocycles. The first-order valence-corrected chi connectivity index (χ1v) is 9.07. The lowest BCUT2D eigenvalue weighted by Crippen LogP contribution is -2.29. The fourth-order valence-electron chi connectivity index (χ4n) is 3.40. The molecule has 3 unspecified atom stereocenters. The molecule has 26 heavy (non-hydrogen) atoms. The maximum absolute atomic E-state index is 11.8. The van der Waals surface area contributed by atoms with E-state index in [9.17, 15) is 20.1 Å². The van der Waals surface area contributed by atoms with Crippen molar-refractivity contribution >= 4 is 5.97 Å². The van der Waals surface area contributed by atoms with E-state index in [1.165, 1.54) is 11.6 Å². The van der Waals surface area contributed by atoms with Gasteiger partial charge in [-0.3, -0.25) is 4.79 Å². The molecule has 0 aliphatic heterocycles. The molecule has 0 radical (unpaired) electrons. The van der Waals surface area contributed by atoms with E-state index >= 15 is 0 Å². The number of benzene rings is 2. The van der Waals surface area contributed by atoms with Crippen molar-refractivity contribution in [3.8, 4) is 11.5 Å². The fraction of sp³-hybridized carbons (Fsp3) is 0.409. The third-order valence-corrected chi connectivity index (χ3v) is 5.47. The monoisotopic (exact) mass is 356 g/mol. The number of carboxylic acids is 1. The maximum Gasteiger partial charge on any atom is 0.309 e. The number of aromatic hydroxyl groups is 2. The highest BCUT2D eigenvalue weighted by molar-refractivity contribution is 5.74. The smallest absolute Gasteiger partial charge is 0.309 e. The van der Waals surface area contributed by atoms with Crippen LogP contribution in [0.4, 0.5) is 0 Å². The van der Waals surface area contributed by atoms with Crippen LogP contribution in [-0.2, 0) is 4.79 Å². The number of rotatable bonds is 8. The van der Waals surface area contributed by atoms with Gasteiger partial charge in [-0.1, -0.05) is 50.2 Å². The summed E-state index contributed by atoms with van der Waals surface area (Å²) >= 11 is 0. The van der Waals surface area contributed by atoms with Gasteiger partial charge in [0, 0.05) is 0 Å². The predicted octanol–water partition coefficient (Wildman–Crippen LogP) is 5.27. The summed E-state index contributed by atoms with van der Waals surface area (Å²) in [5.41, 5.74) is 1.22. The molecule has 3 N–H and O–H groups in total. The molecule has 0 fully saturated rings. The van der Waals surface area contributed by atoms with E-state index < -0.39 is 11.4 Å². The molecule has 140 valence electrons. The molecule has 0 saturated heterocycles. The van der Waals surface area contributed by atoms with Crippen molar-refractivity contribution in [1.29, 1.82) is 0 Å². The van der Waals surface area contributed by atoms with Gasteiger partial charge in [-0.05, 0) is 61.3 Å². The topological polar surface area (TPSA) is 77.8 Å². The average molecular weight is 356 g/mol. The minimum atomic E-state index is -0.839. The van der Waals surface area contributed by atoms with E-state index in [0.717, 1.165) is 12.0 Å². The van der Waals surface area contributed by atoms with E-state index in [0.29, 0.717) is 12.8 Å². The Balaban J connectivity index is 2.34. The zero-order valence-corrected chi connectivity index (χ0v) is 15.6. The van der Waals surface area contributed by atoms with Crippen molar-refractivity contribution in [3.63, 3.8) is 0 Å². The second-order valence-corrected chi connectivity index (χ2v) is 7.42. The zero-order valence-electron chi connectivity index (χ0n) is 15.6. The first-order chi connectivity index (χ1) is 12.3. The van der Waals surface area contributed by atoms with Crippen LogP contribution in [0, 0.1) is 5.41 Å². The molecular weight excluding hydrogens is 328 g/mol. The van der Waals surface area contributed by atoms with Gasteiger partial charge in [0.15, 0.2) is 11.5 Å². The predicted molar refractivity (Wildman–Crippen MR) is 103 cm³/mol. The summed E-state index contributed by atoms with van der Waals surface area (Å²) in [6.45, 7) is 5.79. The molecule has 0 aliphatic carbocycles. The summed E-state index contributed by atoms with van der Waals surface area (Å²) in [4.78, 5) is 11.8. The van der Waals surface area contributed by atoms with Gasteiger partial charge in [-0.15, -0.1) is 0 Å². The Hall–Kier alpha value is -2.49. The summed E-state index contributed by atoms with van der Waals surface area (Å²) in [5.74, 6) is -0.946. The molecule has 0 aliphatic rings. The fourth-order valence-corrected chi connectivity index (χ4v) is 3.40. The number of phenols is 2. The summed E-state index contributed by atoms with van der Waals surface area (Å²) in [6, 6.07) is 14.9. The number of phenolic OH excluding ortho intramolecular Hbond substituents is 2. The number of hydrogen-bond acceptors (Lipinski definition) is 3. The number of carbonyl (C=O) groups is 1. The van der Waals surface area contributed by atoms with Gasteiger partial charge in [0.05, 0.1) is 5.41 Å². The molecule has 3 atom stereocenters. The van der Waals surface area contributed by atoms with E-state index in [1.807, 2.05) is 25.1 Å². The quantitative estimate of drug-likeness (QED) is 0.563. The molecule has 0 heterocycles. The third-order valence-electron chi connectivity index (χ3n) is 5.47. The van der Waals surface area contributed by atoms with E-state index in [2.05, 4.69) is 19.1 Å². The molecule has 0 aromatic heterocycles. The minimum absolute atomic E-state index is 0.0437. The van der Waals surface area contributed by atoms with Crippen LogP contribution in [0.25, 0.3) is 0 Å². The highest BCUT2D eigenvalue weighted by atomic mass is 16.4. The van der Waals surface area contributed by atoms with Crippen LogP contribution in [0.15, 0.2) is 48.5 Å².